The van der Waals surface area contributed by atoms with Crippen molar-refractivity contribution in [1.29, 1.82) is 0 Å². The molecule has 0 aliphatic carbocycles. The smallest absolute Gasteiger partial charge is 0.274 e. The molecule has 0 unspecified atom stereocenters. The van der Waals surface area contributed by atoms with Crippen LogP contribution in [0, 0.1) is 20.8 Å². The van der Waals surface area contributed by atoms with E-state index in [-0.39, 0.29) is 11.8 Å². The molecule has 2 amide bonds. The van der Waals surface area contributed by atoms with E-state index in [9.17, 15) is 9.59 Å². The van der Waals surface area contributed by atoms with Gasteiger partial charge >= 0.3 is 0 Å². The largest absolute Gasteiger partial charge is 0.351 e. The van der Waals surface area contributed by atoms with Gasteiger partial charge in [0.05, 0.1) is 18.4 Å². The van der Waals surface area contributed by atoms with Crippen molar-refractivity contribution in [1.82, 2.24) is 30.3 Å². The van der Waals surface area contributed by atoms with E-state index in [0.29, 0.717) is 23.5 Å². The normalized spacial score (nSPS) is 14.2. The molecule has 186 valence electrons. The molecule has 4 rings (SSSR count). The van der Waals surface area contributed by atoms with E-state index in [1.54, 1.807) is 16.6 Å². The minimum absolute atomic E-state index is 0.108. The molecule has 3 heterocycles. The van der Waals surface area contributed by atoms with Crippen LogP contribution in [0.4, 0.5) is 11.5 Å². The van der Waals surface area contributed by atoms with Gasteiger partial charge < -0.3 is 15.5 Å². The summed E-state index contributed by atoms with van der Waals surface area (Å²) in [5, 5.41) is 10.8. The quantitative estimate of drug-likeness (QED) is 0.426. The topological polar surface area (TPSA) is 113 Å². The van der Waals surface area contributed by atoms with Crippen LogP contribution in [0.3, 0.4) is 0 Å². The van der Waals surface area contributed by atoms with Crippen LogP contribution < -0.4 is 16.1 Å². The number of rotatable bonds is 8. The first-order chi connectivity index (χ1) is 16.9. The third kappa shape index (κ3) is 5.28. The molecule has 1 aliphatic rings. The summed E-state index contributed by atoms with van der Waals surface area (Å²) in [5.41, 5.74) is 7.31. The number of carbonyl (C=O) groups excluding carboxylic acids is 2. The summed E-state index contributed by atoms with van der Waals surface area (Å²) in [4.78, 5) is 36.9. The minimum Gasteiger partial charge on any atom is -0.351 e. The Bertz CT molecular complexity index is 1230. The van der Waals surface area contributed by atoms with Gasteiger partial charge in [-0.05, 0) is 70.0 Å². The van der Waals surface area contributed by atoms with Crippen LogP contribution in [0.15, 0.2) is 24.5 Å². The fourth-order valence-electron chi connectivity index (χ4n) is 4.64. The molecule has 35 heavy (non-hydrogen) atoms. The van der Waals surface area contributed by atoms with E-state index in [2.05, 4.69) is 31.1 Å². The first-order valence-corrected chi connectivity index (χ1v) is 11.9. The van der Waals surface area contributed by atoms with Crippen LogP contribution in [0.25, 0.3) is 5.52 Å². The number of carbonyl (C=O) groups is 2. The zero-order chi connectivity index (χ0) is 24.9. The van der Waals surface area contributed by atoms with Gasteiger partial charge in [-0.25, -0.2) is 15.0 Å². The number of nitrogens with zero attached hydrogens (tertiary/aromatic N) is 4. The summed E-state index contributed by atoms with van der Waals surface area (Å²) in [6.45, 7) is 9.40. The van der Waals surface area contributed by atoms with Crippen molar-refractivity contribution in [2.45, 2.75) is 40.0 Å². The fourth-order valence-corrected chi connectivity index (χ4v) is 4.64. The standard InChI is InChI=1S/C25H33N7O3/c1-16-8-9-19(24(33)30-35-4)14-20(16)29-23-22-17(2)21(18(3)32(22)28-15-27-23)25(34)26-10-13-31-11-6-5-7-12-31/h8-9,14-15H,5-7,10-13H2,1-4H3,(H,26,34)(H,30,33)(H,27,28,29). The van der Waals surface area contributed by atoms with Crippen molar-refractivity contribution in [2.24, 2.45) is 0 Å². The van der Waals surface area contributed by atoms with Gasteiger partial charge in [-0.1, -0.05) is 12.5 Å². The summed E-state index contributed by atoms with van der Waals surface area (Å²) in [7, 11) is 1.39. The molecule has 1 aliphatic heterocycles. The van der Waals surface area contributed by atoms with E-state index < -0.39 is 0 Å². The first kappa shape index (κ1) is 24.6. The summed E-state index contributed by atoms with van der Waals surface area (Å²) in [6.07, 6.45) is 5.20. The molecule has 0 radical (unpaired) electrons. The van der Waals surface area contributed by atoms with Crippen LogP contribution in [0.1, 0.15) is 56.8 Å². The van der Waals surface area contributed by atoms with Gasteiger partial charge in [-0.15, -0.1) is 0 Å². The van der Waals surface area contributed by atoms with Crippen LogP contribution in [-0.2, 0) is 4.84 Å². The number of aromatic nitrogens is 3. The highest BCUT2D eigenvalue weighted by Gasteiger charge is 2.23. The van der Waals surface area contributed by atoms with Gasteiger partial charge in [-0.2, -0.15) is 5.10 Å². The molecular formula is C25H33N7O3. The van der Waals surface area contributed by atoms with Crippen molar-refractivity contribution in [2.75, 3.05) is 38.6 Å². The second-order valence-electron chi connectivity index (χ2n) is 8.90. The van der Waals surface area contributed by atoms with Crippen molar-refractivity contribution < 1.29 is 14.4 Å². The monoisotopic (exact) mass is 479 g/mol. The van der Waals surface area contributed by atoms with E-state index >= 15 is 0 Å². The number of piperidine rings is 1. The zero-order valence-corrected chi connectivity index (χ0v) is 20.8. The van der Waals surface area contributed by atoms with E-state index in [4.69, 9.17) is 4.84 Å². The number of fused-ring (bicyclic) bond motifs is 1. The van der Waals surface area contributed by atoms with Crippen LogP contribution in [-0.4, -0.2) is 64.6 Å². The maximum atomic E-state index is 13.1. The number of anilines is 2. The summed E-state index contributed by atoms with van der Waals surface area (Å²) in [5.74, 6) is 0.102. The molecule has 2 aromatic heterocycles. The molecule has 3 aromatic rings. The maximum Gasteiger partial charge on any atom is 0.274 e. The molecule has 10 heteroatoms. The summed E-state index contributed by atoms with van der Waals surface area (Å²) in [6, 6.07) is 5.31. The maximum absolute atomic E-state index is 13.1. The van der Waals surface area contributed by atoms with Gasteiger partial charge in [0.15, 0.2) is 5.82 Å². The number of hydroxylamine groups is 1. The highest BCUT2D eigenvalue weighted by atomic mass is 16.6. The highest BCUT2D eigenvalue weighted by Crippen LogP contribution is 2.29. The molecular weight excluding hydrogens is 446 g/mol. The number of amides is 2. The summed E-state index contributed by atoms with van der Waals surface area (Å²) >= 11 is 0. The Morgan fingerprint density at radius 1 is 1.09 bits per heavy atom. The molecule has 1 fully saturated rings. The highest BCUT2D eigenvalue weighted by molar-refractivity contribution is 6.01. The number of nitrogens with one attached hydrogen (secondary N) is 3. The Kier molecular flexibility index (Phi) is 7.62. The average molecular weight is 480 g/mol. The molecule has 0 saturated carbocycles. The average Bonchev–Trinajstić information content (AvgIpc) is 3.12. The first-order valence-electron chi connectivity index (χ1n) is 11.9. The number of hydrogen-bond acceptors (Lipinski definition) is 7. The van der Waals surface area contributed by atoms with Crippen LogP contribution >= 0.6 is 0 Å². The van der Waals surface area contributed by atoms with E-state index in [1.165, 1.54) is 32.7 Å². The minimum atomic E-state index is -0.346. The lowest BCUT2D eigenvalue weighted by atomic mass is 10.1. The van der Waals surface area contributed by atoms with Gasteiger partial charge in [0.1, 0.15) is 11.8 Å². The second-order valence-corrected chi connectivity index (χ2v) is 8.90. The number of hydrogen-bond donors (Lipinski definition) is 3. The SMILES string of the molecule is CONC(=O)c1ccc(C)c(Nc2ncnn3c(C)c(C(=O)NCCN4CCCCC4)c(C)c23)c1. The van der Waals surface area contributed by atoms with Crippen molar-refractivity contribution >= 4 is 28.8 Å². The number of likely N-dealkylation sites (tertiary alicyclic amines) is 1. The van der Waals surface area contributed by atoms with Crippen LogP contribution in [0.2, 0.25) is 0 Å². The van der Waals surface area contributed by atoms with Crippen molar-refractivity contribution in [3.05, 3.63) is 52.5 Å². The predicted octanol–water partition coefficient (Wildman–Crippen LogP) is 2.91. The molecule has 0 spiro atoms. The van der Waals surface area contributed by atoms with Gasteiger partial charge in [0.25, 0.3) is 11.8 Å². The lowest BCUT2D eigenvalue weighted by Gasteiger charge is -2.26. The number of benzene rings is 1. The Balaban J connectivity index is 1.58. The third-order valence-corrected chi connectivity index (χ3v) is 6.54. The van der Waals surface area contributed by atoms with E-state index in [0.717, 1.165) is 47.7 Å². The fraction of sp³-hybridized carbons (Fsp3) is 0.440. The Labute approximate surface area is 205 Å². The molecule has 0 bridgehead atoms. The molecule has 0 atom stereocenters. The van der Waals surface area contributed by atoms with Gasteiger partial charge in [0.2, 0.25) is 0 Å². The summed E-state index contributed by atoms with van der Waals surface area (Å²) < 4.78 is 1.74. The Hall–Kier alpha value is -3.50. The molecule has 10 nitrogen and oxygen atoms in total. The third-order valence-electron chi connectivity index (χ3n) is 6.54. The van der Waals surface area contributed by atoms with Crippen LogP contribution in [0.5, 0.6) is 0 Å². The lowest BCUT2D eigenvalue weighted by Crippen LogP contribution is -2.37. The Morgan fingerprint density at radius 3 is 2.60 bits per heavy atom. The Morgan fingerprint density at radius 2 is 1.86 bits per heavy atom. The number of aryl methyl sites for hydroxylation is 3. The van der Waals surface area contributed by atoms with Crippen molar-refractivity contribution in [3.8, 4) is 0 Å². The van der Waals surface area contributed by atoms with E-state index in [1.807, 2.05) is 26.8 Å². The second kappa shape index (κ2) is 10.8. The van der Waals surface area contributed by atoms with Gasteiger partial charge in [-0.3, -0.25) is 14.4 Å². The molecule has 1 saturated heterocycles. The molecule has 1 aromatic carbocycles. The van der Waals surface area contributed by atoms with Crippen molar-refractivity contribution in [3.63, 3.8) is 0 Å². The lowest BCUT2D eigenvalue weighted by molar-refractivity contribution is 0.0537. The van der Waals surface area contributed by atoms with Gasteiger partial charge in [0, 0.05) is 24.3 Å². The zero-order valence-electron chi connectivity index (χ0n) is 20.8. The molecule has 3 N–H and O–H groups in total. The predicted molar refractivity (Wildman–Crippen MR) is 134 cm³/mol.